The molecule has 6 nitrogen and oxygen atoms in total. The van der Waals surface area contributed by atoms with Crippen LogP contribution in [-0.4, -0.2) is 56.8 Å². The molecule has 1 aliphatic heterocycles. The summed E-state index contributed by atoms with van der Waals surface area (Å²) in [5.41, 5.74) is 0. The lowest BCUT2D eigenvalue weighted by molar-refractivity contribution is -0.149. The lowest BCUT2D eigenvalue weighted by Gasteiger charge is -2.19. The molecule has 0 aliphatic carbocycles. The van der Waals surface area contributed by atoms with Crippen molar-refractivity contribution in [3.05, 3.63) is 12.3 Å². The van der Waals surface area contributed by atoms with E-state index in [1.54, 1.807) is 0 Å². The van der Waals surface area contributed by atoms with Crippen molar-refractivity contribution in [1.29, 1.82) is 0 Å². The van der Waals surface area contributed by atoms with Crippen LogP contribution in [0, 0.1) is 23.7 Å². The SMILES string of the molecule is C=C(CCCCC(CCCCC(=O)OCCC(CCCCCCCCC)CCCCCCCCC)COC(=O)C1CCN(C)C1)OCCC(CCCCCCCCC)CCCCCCCCC. The Morgan fingerprint density at radius 3 is 1.21 bits per heavy atom. The Hall–Kier alpha value is -1.56. The smallest absolute Gasteiger partial charge is 0.310 e. The van der Waals surface area contributed by atoms with Gasteiger partial charge in [0, 0.05) is 19.4 Å². The molecule has 0 aromatic heterocycles. The third-order valence-electron chi connectivity index (χ3n) is 15.2. The average Bonchev–Trinajstić information content (AvgIpc) is 3.77. The predicted octanol–water partition coefficient (Wildman–Crippen LogP) is 18.9. The van der Waals surface area contributed by atoms with E-state index in [2.05, 4.69) is 46.2 Å². The molecule has 0 radical (unpaired) electrons. The van der Waals surface area contributed by atoms with Gasteiger partial charge in [0.15, 0.2) is 0 Å². The molecular formula is C61H117NO5. The van der Waals surface area contributed by atoms with Crippen LogP contribution in [0.4, 0.5) is 0 Å². The molecule has 2 unspecified atom stereocenters. The molecule has 0 aromatic carbocycles. The molecule has 2 atom stereocenters. The maximum Gasteiger partial charge on any atom is 0.310 e. The highest BCUT2D eigenvalue weighted by Crippen LogP contribution is 2.26. The van der Waals surface area contributed by atoms with Crippen molar-refractivity contribution in [3.63, 3.8) is 0 Å². The molecule has 67 heavy (non-hydrogen) atoms. The zero-order chi connectivity index (χ0) is 48.7. The highest BCUT2D eigenvalue weighted by molar-refractivity contribution is 5.73. The van der Waals surface area contributed by atoms with Crippen LogP contribution in [0.2, 0.25) is 0 Å². The van der Waals surface area contributed by atoms with E-state index in [4.69, 9.17) is 14.2 Å². The largest absolute Gasteiger partial charge is 0.499 e. The van der Waals surface area contributed by atoms with Gasteiger partial charge in [-0.2, -0.15) is 0 Å². The summed E-state index contributed by atoms with van der Waals surface area (Å²) < 4.78 is 18.1. The number of carbonyl (C=O) groups is 2. The Kier molecular flexibility index (Phi) is 45.5. The van der Waals surface area contributed by atoms with E-state index in [0.717, 1.165) is 95.6 Å². The first kappa shape index (κ1) is 63.5. The Morgan fingerprint density at radius 2 is 0.806 bits per heavy atom. The number of hydrogen-bond donors (Lipinski definition) is 0. The van der Waals surface area contributed by atoms with E-state index in [-0.39, 0.29) is 17.9 Å². The van der Waals surface area contributed by atoms with Gasteiger partial charge in [-0.3, -0.25) is 9.59 Å². The van der Waals surface area contributed by atoms with E-state index < -0.39 is 0 Å². The Morgan fingerprint density at radius 1 is 0.448 bits per heavy atom. The molecule has 1 aliphatic rings. The molecule has 1 saturated heterocycles. The van der Waals surface area contributed by atoms with Crippen molar-refractivity contribution >= 4 is 11.9 Å². The minimum Gasteiger partial charge on any atom is -0.499 e. The summed E-state index contributed by atoms with van der Waals surface area (Å²) in [6.45, 7) is 17.1. The van der Waals surface area contributed by atoms with Crippen LogP contribution in [0.15, 0.2) is 12.3 Å². The summed E-state index contributed by atoms with van der Waals surface area (Å²) in [6.07, 6.45) is 53.8. The first-order valence-electron chi connectivity index (χ1n) is 30.1. The van der Waals surface area contributed by atoms with Crippen LogP contribution in [0.5, 0.6) is 0 Å². The summed E-state index contributed by atoms with van der Waals surface area (Å²) in [6, 6.07) is 0. The molecule has 0 aromatic rings. The van der Waals surface area contributed by atoms with Gasteiger partial charge in [0.25, 0.3) is 0 Å². The fourth-order valence-corrected chi connectivity index (χ4v) is 10.5. The molecule has 0 N–H and O–H groups in total. The predicted molar refractivity (Wildman–Crippen MR) is 290 cm³/mol. The number of likely N-dealkylation sites (tertiary alicyclic amines) is 1. The van der Waals surface area contributed by atoms with Crippen molar-refractivity contribution in [2.45, 2.75) is 304 Å². The second-order valence-corrected chi connectivity index (χ2v) is 21.8. The number of esters is 2. The fraction of sp³-hybridized carbons (Fsp3) is 0.934. The van der Waals surface area contributed by atoms with Crippen molar-refractivity contribution < 1.29 is 23.8 Å². The second kappa shape index (κ2) is 48.1. The van der Waals surface area contributed by atoms with Crippen LogP contribution < -0.4 is 0 Å². The van der Waals surface area contributed by atoms with Gasteiger partial charge < -0.3 is 19.1 Å². The summed E-state index contributed by atoms with van der Waals surface area (Å²) in [7, 11) is 2.08. The molecule has 1 heterocycles. The van der Waals surface area contributed by atoms with Crippen molar-refractivity contribution in [1.82, 2.24) is 4.90 Å². The lowest BCUT2D eigenvalue weighted by Crippen LogP contribution is -2.24. The minimum atomic E-state index is -0.0422. The summed E-state index contributed by atoms with van der Waals surface area (Å²) in [5.74, 6) is 2.62. The van der Waals surface area contributed by atoms with E-state index in [0.29, 0.717) is 31.5 Å². The van der Waals surface area contributed by atoms with Crippen LogP contribution >= 0.6 is 0 Å². The number of ether oxygens (including phenoxy) is 3. The molecule has 1 fully saturated rings. The quantitative estimate of drug-likeness (QED) is 0.0344. The Balaban J connectivity index is 2.52. The average molecular weight is 945 g/mol. The standard InChI is InChI=1S/C61H117NO5/c1-7-11-15-19-23-27-31-40-56(41-32-28-24-20-16-12-8-2)48-51-65-55(5)39-35-36-44-58(54-67-61(64)59-47-50-62(6)53-59)45-37-38-46-60(63)66-52-49-57(42-33-29-25-21-17-13-9-3)43-34-30-26-22-18-14-10-4/h56-59H,5,7-54H2,1-4,6H3. The first-order chi connectivity index (χ1) is 32.8. The highest BCUT2D eigenvalue weighted by atomic mass is 16.5. The van der Waals surface area contributed by atoms with E-state index >= 15 is 0 Å². The molecule has 1 rings (SSSR count). The maximum atomic E-state index is 13.0. The van der Waals surface area contributed by atoms with Gasteiger partial charge in [0.2, 0.25) is 0 Å². The third-order valence-corrected chi connectivity index (χ3v) is 15.2. The topological polar surface area (TPSA) is 65.1 Å². The lowest BCUT2D eigenvalue weighted by atomic mass is 9.91. The van der Waals surface area contributed by atoms with Gasteiger partial charge >= 0.3 is 11.9 Å². The normalized spacial score (nSPS) is 14.6. The van der Waals surface area contributed by atoms with Gasteiger partial charge in [-0.1, -0.05) is 253 Å². The van der Waals surface area contributed by atoms with Crippen LogP contribution in [0.1, 0.15) is 304 Å². The van der Waals surface area contributed by atoms with Crippen molar-refractivity contribution in [2.24, 2.45) is 23.7 Å². The Labute approximate surface area is 418 Å². The molecule has 0 amide bonds. The number of hydrogen-bond acceptors (Lipinski definition) is 6. The molecular weight excluding hydrogens is 827 g/mol. The summed E-state index contributed by atoms with van der Waals surface area (Å²) in [4.78, 5) is 28.1. The monoisotopic (exact) mass is 944 g/mol. The number of allylic oxidation sites excluding steroid dienone is 1. The maximum absolute atomic E-state index is 13.0. The highest BCUT2D eigenvalue weighted by Gasteiger charge is 2.28. The molecule has 0 bridgehead atoms. The van der Waals surface area contributed by atoms with Crippen molar-refractivity contribution in [3.8, 4) is 0 Å². The minimum absolute atomic E-state index is 0.00251. The summed E-state index contributed by atoms with van der Waals surface area (Å²) >= 11 is 0. The van der Waals surface area contributed by atoms with E-state index in [1.807, 2.05) is 0 Å². The summed E-state index contributed by atoms with van der Waals surface area (Å²) in [5, 5.41) is 0. The first-order valence-corrected chi connectivity index (χ1v) is 30.1. The van der Waals surface area contributed by atoms with Gasteiger partial charge in [-0.15, -0.1) is 0 Å². The van der Waals surface area contributed by atoms with Crippen LogP contribution in [0.3, 0.4) is 0 Å². The molecule has 396 valence electrons. The number of unbranched alkanes of at least 4 members (excludes halogenated alkanes) is 26. The van der Waals surface area contributed by atoms with Gasteiger partial charge in [-0.25, -0.2) is 0 Å². The fourth-order valence-electron chi connectivity index (χ4n) is 10.5. The number of carbonyl (C=O) groups excluding carboxylic acids is 2. The number of rotatable bonds is 52. The molecule has 6 heteroatoms. The van der Waals surface area contributed by atoms with Crippen LogP contribution in [-0.2, 0) is 23.8 Å². The zero-order valence-corrected chi connectivity index (χ0v) is 45.9. The number of nitrogens with zero attached hydrogens (tertiary/aromatic N) is 1. The van der Waals surface area contributed by atoms with Crippen LogP contribution in [0.25, 0.3) is 0 Å². The van der Waals surface area contributed by atoms with E-state index in [1.165, 1.54) is 205 Å². The molecule has 0 saturated carbocycles. The van der Waals surface area contributed by atoms with Gasteiger partial charge in [0.1, 0.15) is 0 Å². The second-order valence-electron chi connectivity index (χ2n) is 21.8. The van der Waals surface area contributed by atoms with E-state index in [9.17, 15) is 9.59 Å². The van der Waals surface area contributed by atoms with Crippen molar-refractivity contribution in [2.75, 3.05) is 40.0 Å². The third kappa shape index (κ3) is 40.8. The zero-order valence-electron chi connectivity index (χ0n) is 45.9. The molecule has 0 spiro atoms. The van der Waals surface area contributed by atoms with Gasteiger partial charge in [-0.05, 0) is 76.3 Å². The Bertz CT molecular complexity index is 993. The van der Waals surface area contributed by atoms with Gasteiger partial charge in [0.05, 0.1) is 31.5 Å².